The Balaban J connectivity index is 1.94. The van der Waals surface area contributed by atoms with E-state index in [1.807, 2.05) is 38.1 Å². The van der Waals surface area contributed by atoms with Gasteiger partial charge in [-0.3, -0.25) is 4.79 Å². The van der Waals surface area contributed by atoms with Crippen LogP contribution < -0.4 is 4.74 Å². The number of rotatable bonds is 7. The minimum absolute atomic E-state index is 0.521. The highest BCUT2D eigenvalue weighted by atomic mass is 32.2. The number of nitrogens with zero attached hydrogens (tertiary/aromatic N) is 4. The summed E-state index contributed by atoms with van der Waals surface area (Å²) in [4.78, 5) is 11.2. The first-order valence-electron chi connectivity index (χ1n) is 7.97. The Labute approximate surface area is 149 Å². The maximum absolute atomic E-state index is 11.2. The minimum Gasteiger partial charge on any atom is -0.494 e. The van der Waals surface area contributed by atoms with Crippen molar-refractivity contribution in [3.8, 4) is 17.1 Å². The monoisotopic (exact) mass is 358 g/mol. The Morgan fingerprint density at radius 3 is 2.60 bits per heavy atom. The van der Waals surface area contributed by atoms with Crippen LogP contribution in [0.15, 0.2) is 41.4 Å². The van der Waals surface area contributed by atoms with Crippen LogP contribution in [0.5, 0.6) is 5.75 Å². The summed E-state index contributed by atoms with van der Waals surface area (Å²) in [6, 6.07) is 11.1. The van der Waals surface area contributed by atoms with Gasteiger partial charge in [-0.05, 0) is 49.7 Å². The molecule has 0 saturated heterocycles. The van der Waals surface area contributed by atoms with E-state index >= 15 is 0 Å². The maximum Gasteiger partial charge on any atom is 0.317 e. The highest BCUT2D eigenvalue weighted by Crippen LogP contribution is 2.26. The normalized spacial score (nSPS) is 12.2. The van der Waals surface area contributed by atoms with Crippen LogP contribution in [0.25, 0.3) is 17.0 Å². The van der Waals surface area contributed by atoms with Gasteiger partial charge in [0.15, 0.2) is 11.5 Å². The lowest BCUT2D eigenvalue weighted by Gasteiger charge is -2.09. The molecule has 1 N–H and O–H groups in total. The molecule has 0 saturated carbocycles. The predicted molar refractivity (Wildman–Crippen MR) is 95.0 cm³/mol. The molecule has 2 aromatic heterocycles. The van der Waals surface area contributed by atoms with Crippen molar-refractivity contribution in [1.82, 2.24) is 19.8 Å². The molecule has 0 bridgehead atoms. The molecule has 3 rings (SSSR count). The highest BCUT2D eigenvalue weighted by molar-refractivity contribution is 8.00. The first-order chi connectivity index (χ1) is 12.1. The average Bonchev–Trinajstić information content (AvgIpc) is 3.03. The number of hydrogen-bond donors (Lipinski definition) is 1. The first kappa shape index (κ1) is 17.2. The number of fused-ring (bicyclic) bond motifs is 1. The van der Waals surface area contributed by atoms with Crippen LogP contribution >= 0.6 is 11.8 Å². The van der Waals surface area contributed by atoms with Crippen molar-refractivity contribution in [3.05, 3.63) is 36.4 Å². The van der Waals surface area contributed by atoms with E-state index in [0.717, 1.165) is 11.3 Å². The van der Waals surface area contributed by atoms with E-state index in [1.165, 1.54) is 11.8 Å². The molecule has 130 valence electrons. The zero-order valence-electron chi connectivity index (χ0n) is 13.9. The molecule has 0 aliphatic heterocycles. The number of aromatic nitrogens is 4. The van der Waals surface area contributed by atoms with E-state index in [0.29, 0.717) is 29.5 Å². The average molecular weight is 358 g/mol. The van der Waals surface area contributed by atoms with E-state index in [1.54, 1.807) is 16.6 Å². The first-order valence-corrected chi connectivity index (χ1v) is 8.85. The molecule has 8 heteroatoms. The van der Waals surface area contributed by atoms with Gasteiger partial charge in [0.05, 0.1) is 6.61 Å². The summed E-state index contributed by atoms with van der Waals surface area (Å²) < 4.78 is 7.08. The minimum atomic E-state index is -0.843. The Morgan fingerprint density at radius 1 is 1.20 bits per heavy atom. The molecule has 0 spiro atoms. The molecule has 1 atom stereocenters. The molecule has 2 heterocycles. The fourth-order valence-electron chi connectivity index (χ4n) is 2.34. The van der Waals surface area contributed by atoms with Crippen molar-refractivity contribution in [2.24, 2.45) is 0 Å². The number of aliphatic carboxylic acids is 1. The number of carboxylic acid groups (broad SMARTS) is 1. The van der Waals surface area contributed by atoms with Crippen molar-refractivity contribution in [1.29, 1.82) is 0 Å². The van der Waals surface area contributed by atoms with Gasteiger partial charge in [0.2, 0.25) is 0 Å². The SMILES string of the molecule is CCOc1ccc(-c2nnc3ccc(S[C@@H](CC)C(=O)O)nn23)cc1. The van der Waals surface area contributed by atoms with E-state index in [2.05, 4.69) is 15.3 Å². The van der Waals surface area contributed by atoms with Gasteiger partial charge in [0, 0.05) is 5.56 Å². The van der Waals surface area contributed by atoms with E-state index in [-0.39, 0.29) is 0 Å². The number of benzene rings is 1. The molecule has 1 aromatic carbocycles. The van der Waals surface area contributed by atoms with Gasteiger partial charge >= 0.3 is 5.97 Å². The quantitative estimate of drug-likeness (QED) is 0.649. The summed E-state index contributed by atoms with van der Waals surface area (Å²) in [6.07, 6.45) is 0.521. The Hall–Kier alpha value is -2.61. The number of ether oxygens (including phenoxy) is 1. The molecule has 0 fully saturated rings. The maximum atomic E-state index is 11.2. The van der Waals surface area contributed by atoms with E-state index < -0.39 is 11.2 Å². The van der Waals surface area contributed by atoms with Crippen molar-refractivity contribution in [3.63, 3.8) is 0 Å². The van der Waals surface area contributed by atoms with Gasteiger partial charge in [-0.2, -0.15) is 9.61 Å². The van der Waals surface area contributed by atoms with Crippen molar-refractivity contribution in [2.75, 3.05) is 6.61 Å². The smallest absolute Gasteiger partial charge is 0.317 e. The molecule has 3 aromatic rings. The fraction of sp³-hybridized carbons (Fsp3) is 0.294. The predicted octanol–water partition coefficient (Wildman–Crippen LogP) is 3.15. The van der Waals surface area contributed by atoms with Gasteiger partial charge < -0.3 is 9.84 Å². The molecule has 0 radical (unpaired) electrons. The third kappa shape index (κ3) is 3.74. The van der Waals surface area contributed by atoms with Crippen LogP contribution in [-0.4, -0.2) is 42.7 Å². The Bertz CT molecular complexity index is 879. The summed E-state index contributed by atoms with van der Waals surface area (Å²) in [5.41, 5.74) is 1.47. The molecular formula is C17H18N4O3S. The molecule has 0 aliphatic rings. The molecule has 7 nitrogen and oxygen atoms in total. The molecule has 0 aliphatic carbocycles. The lowest BCUT2D eigenvalue weighted by atomic mass is 10.2. The lowest BCUT2D eigenvalue weighted by Crippen LogP contribution is -2.15. The summed E-state index contributed by atoms with van der Waals surface area (Å²) in [6.45, 7) is 4.38. The summed E-state index contributed by atoms with van der Waals surface area (Å²) in [5.74, 6) is 0.547. The van der Waals surface area contributed by atoms with Gasteiger partial charge in [0.25, 0.3) is 0 Å². The number of hydrogen-bond acceptors (Lipinski definition) is 6. The summed E-state index contributed by atoms with van der Waals surface area (Å²) in [7, 11) is 0. The van der Waals surface area contributed by atoms with Gasteiger partial charge in [-0.1, -0.05) is 18.7 Å². The van der Waals surface area contributed by atoms with E-state index in [4.69, 9.17) is 4.74 Å². The second-order valence-corrected chi connectivity index (χ2v) is 6.50. The van der Waals surface area contributed by atoms with Crippen LogP contribution in [0, 0.1) is 0 Å². The van der Waals surface area contributed by atoms with Crippen LogP contribution in [0.1, 0.15) is 20.3 Å². The summed E-state index contributed by atoms with van der Waals surface area (Å²) in [5, 5.41) is 22.1. The molecule has 0 amide bonds. The van der Waals surface area contributed by atoms with Gasteiger partial charge in [-0.25, -0.2) is 0 Å². The number of thioether (sulfide) groups is 1. The fourth-order valence-corrected chi connectivity index (χ4v) is 3.17. The number of carbonyl (C=O) groups is 1. The molecule has 0 unspecified atom stereocenters. The van der Waals surface area contributed by atoms with Crippen molar-refractivity contribution in [2.45, 2.75) is 30.5 Å². The Kier molecular flexibility index (Phi) is 5.18. The summed E-state index contributed by atoms with van der Waals surface area (Å²) >= 11 is 1.22. The zero-order valence-corrected chi connectivity index (χ0v) is 14.7. The molecule has 25 heavy (non-hydrogen) atoms. The standard InChI is InChI=1S/C17H18N4O3S/c1-3-13(17(22)23)25-15-10-9-14-18-19-16(21(14)20-15)11-5-7-12(8-6-11)24-4-2/h5-10,13H,3-4H2,1-2H3,(H,22,23)/t13-/m0/s1. The Morgan fingerprint density at radius 2 is 1.96 bits per heavy atom. The van der Waals surface area contributed by atoms with E-state index in [9.17, 15) is 9.90 Å². The van der Waals surface area contributed by atoms with Gasteiger partial charge in [0.1, 0.15) is 16.0 Å². The van der Waals surface area contributed by atoms with Crippen LogP contribution in [0.2, 0.25) is 0 Å². The second-order valence-electron chi connectivity index (χ2n) is 5.28. The van der Waals surface area contributed by atoms with Gasteiger partial charge in [-0.15, -0.1) is 10.2 Å². The van der Waals surface area contributed by atoms with Crippen LogP contribution in [-0.2, 0) is 4.79 Å². The third-order valence-corrected chi connectivity index (χ3v) is 4.85. The highest BCUT2D eigenvalue weighted by Gasteiger charge is 2.18. The third-order valence-electron chi connectivity index (χ3n) is 3.57. The largest absolute Gasteiger partial charge is 0.494 e. The van der Waals surface area contributed by atoms with Crippen molar-refractivity contribution >= 4 is 23.4 Å². The zero-order chi connectivity index (χ0) is 17.8. The number of carboxylic acids is 1. The topological polar surface area (TPSA) is 89.6 Å². The van der Waals surface area contributed by atoms with Crippen molar-refractivity contribution < 1.29 is 14.6 Å². The van der Waals surface area contributed by atoms with Crippen LogP contribution in [0.3, 0.4) is 0 Å². The second kappa shape index (κ2) is 7.52. The van der Waals surface area contributed by atoms with Crippen LogP contribution in [0.4, 0.5) is 0 Å². The molecular weight excluding hydrogens is 340 g/mol. The lowest BCUT2D eigenvalue weighted by molar-refractivity contribution is -0.136.